The third-order valence-corrected chi connectivity index (χ3v) is 7.45. The lowest BCUT2D eigenvalue weighted by Gasteiger charge is -2.34. The average Bonchev–Trinajstić information content (AvgIpc) is 3.33. The van der Waals surface area contributed by atoms with Gasteiger partial charge in [-0.1, -0.05) is 28.1 Å². The molecule has 0 amide bonds. The van der Waals surface area contributed by atoms with Crippen molar-refractivity contribution in [2.45, 2.75) is 37.4 Å². The predicted molar refractivity (Wildman–Crippen MR) is 89.4 cm³/mol. The molecule has 2 aliphatic heterocycles. The Kier molecular flexibility index (Phi) is 4.74. The molecule has 138 valence electrons. The molecule has 0 saturated carbocycles. The third-order valence-electron chi connectivity index (χ3n) is 4.80. The van der Waals surface area contributed by atoms with E-state index in [0.717, 1.165) is 14.3 Å². The zero-order valence-electron chi connectivity index (χ0n) is 13.4. The first-order valence-corrected chi connectivity index (χ1v) is 10.2. The molecule has 5 nitrogen and oxygen atoms in total. The van der Waals surface area contributed by atoms with Gasteiger partial charge in [0.15, 0.2) is 0 Å². The Morgan fingerprint density at radius 2 is 2.04 bits per heavy atom. The standard InChI is InChI=1S/C15H17BrF3N3O2S/c1-10-11(4-2-6-13(10)16)9-25(23,24)22-7-3-5-12(8-22)14(20-21-14)15(17,18)19/h2,4,6,12H,3,5,7-9H2,1H3. The highest BCUT2D eigenvalue weighted by molar-refractivity contribution is 9.10. The summed E-state index contributed by atoms with van der Waals surface area (Å²) in [6.07, 6.45) is -3.95. The highest BCUT2D eigenvalue weighted by Crippen LogP contribution is 2.52. The normalized spacial score (nSPS) is 23.6. The number of piperidine rings is 1. The molecule has 1 saturated heterocycles. The summed E-state index contributed by atoms with van der Waals surface area (Å²) < 4.78 is 67.0. The number of nitrogens with zero attached hydrogens (tertiary/aromatic N) is 3. The van der Waals surface area contributed by atoms with Gasteiger partial charge in [-0.15, -0.1) is 10.2 Å². The van der Waals surface area contributed by atoms with Crippen LogP contribution in [0.5, 0.6) is 0 Å². The first-order chi connectivity index (χ1) is 11.6. The molecule has 2 aliphatic rings. The molecule has 1 aromatic rings. The number of halogens is 4. The fourth-order valence-corrected chi connectivity index (χ4v) is 5.29. The predicted octanol–water partition coefficient (Wildman–Crippen LogP) is 4.02. The Labute approximate surface area is 152 Å². The SMILES string of the molecule is Cc1c(Br)cccc1CS(=O)(=O)N1CCCC(C2(C(F)(F)F)N=N2)C1. The second-order valence-corrected chi connectivity index (χ2v) is 9.22. The minimum absolute atomic E-state index is 0.206. The maximum atomic E-state index is 13.2. The van der Waals surface area contributed by atoms with Crippen LogP contribution in [0.1, 0.15) is 24.0 Å². The largest absolute Gasteiger partial charge is 0.438 e. The molecule has 0 spiro atoms. The summed E-state index contributed by atoms with van der Waals surface area (Å²) in [7, 11) is -3.72. The van der Waals surface area contributed by atoms with Crippen LogP contribution in [0.15, 0.2) is 32.9 Å². The molecule has 3 rings (SSSR count). The van der Waals surface area contributed by atoms with Gasteiger partial charge in [0.05, 0.1) is 5.75 Å². The Morgan fingerprint density at radius 1 is 1.36 bits per heavy atom. The summed E-state index contributed by atoms with van der Waals surface area (Å²) in [4.78, 5) is 0. The van der Waals surface area contributed by atoms with Gasteiger partial charge >= 0.3 is 6.18 Å². The van der Waals surface area contributed by atoms with E-state index in [1.54, 1.807) is 19.1 Å². The summed E-state index contributed by atoms with van der Waals surface area (Å²) in [5.74, 6) is -1.20. The quantitative estimate of drug-likeness (QED) is 0.710. The van der Waals surface area contributed by atoms with Gasteiger partial charge in [0.2, 0.25) is 10.0 Å². The minimum Gasteiger partial charge on any atom is -0.212 e. The number of alkyl halides is 3. The molecule has 0 radical (unpaired) electrons. The number of hydrogen-bond acceptors (Lipinski definition) is 4. The molecule has 2 heterocycles. The van der Waals surface area contributed by atoms with Gasteiger partial charge in [-0.25, -0.2) is 12.7 Å². The van der Waals surface area contributed by atoms with Crippen molar-refractivity contribution in [3.8, 4) is 0 Å². The summed E-state index contributed by atoms with van der Waals surface area (Å²) >= 11 is 3.36. The van der Waals surface area contributed by atoms with Crippen molar-refractivity contribution in [3.05, 3.63) is 33.8 Å². The van der Waals surface area contributed by atoms with Crippen LogP contribution in [0.2, 0.25) is 0 Å². The van der Waals surface area contributed by atoms with Gasteiger partial charge in [0, 0.05) is 23.5 Å². The fraction of sp³-hybridized carbons (Fsp3) is 0.600. The fourth-order valence-electron chi connectivity index (χ4n) is 3.18. The summed E-state index contributed by atoms with van der Waals surface area (Å²) in [5.41, 5.74) is -0.978. The number of benzene rings is 1. The van der Waals surface area contributed by atoms with E-state index in [9.17, 15) is 21.6 Å². The molecule has 1 fully saturated rings. The van der Waals surface area contributed by atoms with Gasteiger partial charge in [-0.2, -0.15) is 13.2 Å². The highest BCUT2D eigenvalue weighted by Gasteiger charge is 2.68. The van der Waals surface area contributed by atoms with Crippen LogP contribution in [0, 0.1) is 12.8 Å². The number of sulfonamides is 1. The summed E-state index contributed by atoms with van der Waals surface area (Å²) in [5, 5.41) is 6.45. The van der Waals surface area contributed by atoms with Gasteiger partial charge in [-0.3, -0.25) is 0 Å². The minimum atomic E-state index is -4.58. The van der Waals surface area contributed by atoms with E-state index in [4.69, 9.17) is 0 Å². The molecule has 1 aromatic carbocycles. The van der Waals surface area contributed by atoms with Crippen LogP contribution in [0.4, 0.5) is 13.2 Å². The van der Waals surface area contributed by atoms with E-state index in [0.29, 0.717) is 12.0 Å². The van der Waals surface area contributed by atoms with E-state index >= 15 is 0 Å². The molecule has 0 bridgehead atoms. The molecule has 25 heavy (non-hydrogen) atoms. The molecule has 10 heteroatoms. The van der Waals surface area contributed by atoms with Crippen molar-refractivity contribution < 1.29 is 21.6 Å². The van der Waals surface area contributed by atoms with E-state index in [1.807, 2.05) is 6.07 Å². The van der Waals surface area contributed by atoms with Crippen molar-refractivity contribution in [3.63, 3.8) is 0 Å². The third kappa shape index (κ3) is 3.48. The van der Waals surface area contributed by atoms with Crippen LogP contribution in [-0.4, -0.2) is 37.7 Å². The Bertz CT molecular complexity index is 805. The van der Waals surface area contributed by atoms with Crippen LogP contribution in [0.25, 0.3) is 0 Å². The van der Waals surface area contributed by atoms with Crippen molar-refractivity contribution in [2.24, 2.45) is 16.1 Å². The van der Waals surface area contributed by atoms with Gasteiger partial charge < -0.3 is 0 Å². The lowest BCUT2D eigenvalue weighted by Crippen LogP contribution is -2.50. The van der Waals surface area contributed by atoms with Gasteiger partial charge in [-0.05, 0) is 37.0 Å². The zero-order chi connectivity index (χ0) is 18.5. The van der Waals surface area contributed by atoms with Gasteiger partial charge in [0.1, 0.15) is 0 Å². The van der Waals surface area contributed by atoms with E-state index < -0.39 is 27.8 Å². The van der Waals surface area contributed by atoms with Crippen molar-refractivity contribution in [1.82, 2.24) is 4.31 Å². The Balaban J connectivity index is 1.78. The second kappa shape index (κ2) is 6.31. The van der Waals surface area contributed by atoms with Crippen molar-refractivity contribution >= 4 is 26.0 Å². The molecule has 0 N–H and O–H groups in total. The summed E-state index contributed by atoms with van der Waals surface area (Å²) in [6, 6.07) is 5.26. The van der Waals surface area contributed by atoms with Crippen molar-refractivity contribution in [2.75, 3.05) is 13.1 Å². The summed E-state index contributed by atoms with van der Waals surface area (Å²) in [6.45, 7) is 1.82. The Hall–Kier alpha value is -1.00. The number of rotatable bonds is 4. The molecule has 1 unspecified atom stereocenters. The molecule has 0 aliphatic carbocycles. The zero-order valence-corrected chi connectivity index (χ0v) is 15.8. The van der Waals surface area contributed by atoms with E-state index in [-0.39, 0.29) is 25.3 Å². The molecule has 1 atom stereocenters. The molecule has 0 aromatic heterocycles. The van der Waals surface area contributed by atoms with E-state index in [1.165, 1.54) is 0 Å². The molecular weight excluding hydrogens is 423 g/mol. The smallest absolute Gasteiger partial charge is 0.212 e. The van der Waals surface area contributed by atoms with Gasteiger partial charge in [0.25, 0.3) is 5.66 Å². The van der Waals surface area contributed by atoms with Crippen LogP contribution in [0.3, 0.4) is 0 Å². The number of hydrogen-bond donors (Lipinski definition) is 0. The average molecular weight is 440 g/mol. The topological polar surface area (TPSA) is 62.1 Å². The maximum absolute atomic E-state index is 13.2. The first-order valence-electron chi connectivity index (χ1n) is 7.79. The first kappa shape index (κ1) is 18.8. The second-order valence-electron chi connectivity index (χ2n) is 6.40. The highest BCUT2D eigenvalue weighted by atomic mass is 79.9. The lowest BCUT2D eigenvalue weighted by molar-refractivity contribution is -0.179. The van der Waals surface area contributed by atoms with Crippen molar-refractivity contribution in [1.29, 1.82) is 0 Å². The van der Waals surface area contributed by atoms with Crippen LogP contribution < -0.4 is 0 Å². The van der Waals surface area contributed by atoms with Crippen LogP contribution in [-0.2, 0) is 15.8 Å². The molecular formula is C15H17BrF3N3O2S. The lowest BCUT2D eigenvalue weighted by atomic mass is 9.88. The maximum Gasteiger partial charge on any atom is 0.438 e. The Morgan fingerprint density at radius 3 is 2.64 bits per heavy atom. The monoisotopic (exact) mass is 439 g/mol. The van der Waals surface area contributed by atoms with E-state index in [2.05, 4.69) is 26.2 Å². The van der Waals surface area contributed by atoms with Crippen LogP contribution >= 0.6 is 15.9 Å².